The summed E-state index contributed by atoms with van der Waals surface area (Å²) in [6.07, 6.45) is 0. The minimum absolute atomic E-state index is 0.470. The smallest absolute Gasteiger partial charge is 0.134 e. The van der Waals surface area contributed by atoms with E-state index in [-0.39, 0.29) is 0 Å². The highest BCUT2D eigenvalue weighted by Crippen LogP contribution is 2.29. The van der Waals surface area contributed by atoms with Gasteiger partial charge in [-0.3, -0.25) is 0 Å². The van der Waals surface area contributed by atoms with E-state index in [4.69, 9.17) is 9.47 Å². The summed E-state index contributed by atoms with van der Waals surface area (Å²) in [6.45, 7) is 0.941. The third-order valence-corrected chi connectivity index (χ3v) is 4.65. The van der Waals surface area contributed by atoms with Crippen LogP contribution in [0.25, 0.3) is 0 Å². The molecule has 0 heterocycles. The van der Waals surface area contributed by atoms with Gasteiger partial charge < -0.3 is 9.47 Å². The first kappa shape index (κ1) is 16.3. The highest BCUT2D eigenvalue weighted by atomic mass is 79.9. The number of benzene rings is 2. The molecular formula is C14H10Br4O2. The molecule has 0 saturated heterocycles. The third-order valence-electron chi connectivity index (χ3n) is 2.39. The average molecular weight is 530 g/mol. The van der Waals surface area contributed by atoms with Crippen LogP contribution in [0.1, 0.15) is 0 Å². The largest absolute Gasteiger partial charge is 0.489 e. The van der Waals surface area contributed by atoms with E-state index < -0.39 is 0 Å². The maximum Gasteiger partial charge on any atom is 0.134 e. The van der Waals surface area contributed by atoms with Crippen molar-refractivity contribution in [2.75, 3.05) is 13.2 Å². The first-order chi connectivity index (χ1) is 9.56. The Bertz CT molecular complexity index is 602. The van der Waals surface area contributed by atoms with Gasteiger partial charge in [-0.25, -0.2) is 0 Å². The van der Waals surface area contributed by atoms with Gasteiger partial charge >= 0.3 is 0 Å². The summed E-state index contributed by atoms with van der Waals surface area (Å²) in [7, 11) is 0. The average Bonchev–Trinajstić information content (AvgIpc) is 2.40. The second-order valence-electron chi connectivity index (χ2n) is 3.85. The highest BCUT2D eigenvalue weighted by molar-refractivity contribution is 9.11. The zero-order valence-electron chi connectivity index (χ0n) is 10.2. The fourth-order valence-electron chi connectivity index (χ4n) is 1.48. The fourth-order valence-corrected chi connectivity index (χ4v) is 3.35. The van der Waals surface area contributed by atoms with Crippen molar-refractivity contribution in [3.63, 3.8) is 0 Å². The van der Waals surface area contributed by atoms with Crippen molar-refractivity contribution in [2.24, 2.45) is 0 Å². The Kier molecular flexibility index (Phi) is 6.39. The van der Waals surface area contributed by atoms with Crippen LogP contribution in [-0.2, 0) is 0 Å². The molecule has 0 atom stereocenters. The van der Waals surface area contributed by atoms with Crippen molar-refractivity contribution in [3.8, 4) is 11.5 Å². The Morgan fingerprint density at radius 1 is 0.650 bits per heavy atom. The van der Waals surface area contributed by atoms with Gasteiger partial charge in [0, 0.05) is 8.95 Å². The lowest BCUT2D eigenvalue weighted by molar-refractivity contribution is 0.215. The molecule has 0 amide bonds. The number of hydrogen-bond acceptors (Lipinski definition) is 2. The maximum absolute atomic E-state index is 5.68. The zero-order valence-corrected chi connectivity index (χ0v) is 16.6. The predicted octanol–water partition coefficient (Wildman–Crippen LogP) is 6.19. The Balaban J connectivity index is 1.86. The molecule has 0 radical (unpaired) electrons. The van der Waals surface area contributed by atoms with E-state index in [1.165, 1.54) is 0 Å². The molecule has 0 bridgehead atoms. The third kappa shape index (κ3) is 4.76. The molecule has 2 aromatic carbocycles. The molecule has 2 rings (SSSR count). The summed E-state index contributed by atoms with van der Waals surface area (Å²) in [5, 5.41) is 0. The molecule has 0 saturated carbocycles. The van der Waals surface area contributed by atoms with Crippen LogP contribution in [0.3, 0.4) is 0 Å². The van der Waals surface area contributed by atoms with Crippen molar-refractivity contribution in [1.29, 1.82) is 0 Å². The van der Waals surface area contributed by atoms with Crippen LogP contribution in [-0.4, -0.2) is 13.2 Å². The number of rotatable bonds is 5. The Morgan fingerprint density at radius 3 is 1.95 bits per heavy atom. The quantitative estimate of drug-likeness (QED) is 0.430. The van der Waals surface area contributed by atoms with Crippen LogP contribution >= 0.6 is 63.7 Å². The fraction of sp³-hybridized carbons (Fsp3) is 0.143. The molecule has 0 N–H and O–H groups in total. The molecule has 0 unspecified atom stereocenters. The Labute approximate surface area is 151 Å². The summed E-state index contributed by atoms with van der Waals surface area (Å²) >= 11 is 13.7. The first-order valence-electron chi connectivity index (χ1n) is 5.72. The van der Waals surface area contributed by atoms with Crippen molar-refractivity contribution in [3.05, 3.63) is 54.3 Å². The van der Waals surface area contributed by atoms with Crippen LogP contribution in [0.2, 0.25) is 0 Å². The molecule has 20 heavy (non-hydrogen) atoms. The van der Waals surface area contributed by atoms with Gasteiger partial charge in [0.05, 0.1) is 8.95 Å². The molecule has 0 aliphatic heterocycles. The van der Waals surface area contributed by atoms with Crippen LogP contribution in [0.5, 0.6) is 11.5 Å². The normalized spacial score (nSPS) is 10.4. The second kappa shape index (κ2) is 7.82. The van der Waals surface area contributed by atoms with Gasteiger partial charge in [-0.2, -0.15) is 0 Å². The molecule has 0 aliphatic rings. The van der Waals surface area contributed by atoms with Crippen LogP contribution in [0.4, 0.5) is 0 Å². The van der Waals surface area contributed by atoms with E-state index in [1.54, 1.807) is 0 Å². The van der Waals surface area contributed by atoms with Gasteiger partial charge in [0.1, 0.15) is 24.7 Å². The number of hydrogen-bond donors (Lipinski definition) is 0. The predicted molar refractivity (Wildman–Crippen MR) is 94.7 cm³/mol. The molecule has 2 nitrogen and oxygen atoms in total. The summed E-state index contributed by atoms with van der Waals surface area (Å²) in [4.78, 5) is 0. The minimum atomic E-state index is 0.470. The molecule has 0 fully saturated rings. The summed E-state index contributed by atoms with van der Waals surface area (Å²) in [5.41, 5.74) is 0. The molecule has 2 aromatic rings. The SMILES string of the molecule is Brc1ccc(OCCOc2cc(Br)ccc2Br)c(Br)c1. The molecule has 106 valence electrons. The van der Waals surface area contributed by atoms with E-state index in [9.17, 15) is 0 Å². The van der Waals surface area contributed by atoms with Gasteiger partial charge in [0.2, 0.25) is 0 Å². The highest BCUT2D eigenvalue weighted by Gasteiger charge is 2.04. The van der Waals surface area contributed by atoms with E-state index in [1.807, 2.05) is 36.4 Å². The second-order valence-corrected chi connectivity index (χ2v) is 7.39. The molecule has 6 heteroatoms. The summed E-state index contributed by atoms with van der Waals surface area (Å²) in [6, 6.07) is 11.6. The standard InChI is InChI=1S/C14H10Br4O2/c15-9-2-4-13(12(18)7-9)19-5-6-20-14-8-10(16)1-3-11(14)17/h1-4,7-8H,5-6H2. The van der Waals surface area contributed by atoms with E-state index in [2.05, 4.69) is 63.7 Å². The first-order valence-corrected chi connectivity index (χ1v) is 8.89. The molecule has 0 aliphatic carbocycles. The van der Waals surface area contributed by atoms with E-state index >= 15 is 0 Å². The van der Waals surface area contributed by atoms with Gasteiger partial charge in [-0.15, -0.1) is 0 Å². The van der Waals surface area contributed by atoms with Crippen LogP contribution in [0.15, 0.2) is 54.3 Å². The van der Waals surface area contributed by atoms with Crippen molar-refractivity contribution < 1.29 is 9.47 Å². The van der Waals surface area contributed by atoms with E-state index in [0.29, 0.717) is 13.2 Å². The maximum atomic E-state index is 5.68. The minimum Gasteiger partial charge on any atom is -0.489 e. The Morgan fingerprint density at radius 2 is 1.25 bits per heavy atom. The topological polar surface area (TPSA) is 18.5 Å². The van der Waals surface area contributed by atoms with Gasteiger partial charge in [0.25, 0.3) is 0 Å². The van der Waals surface area contributed by atoms with Crippen molar-refractivity contribution >= 4 is 63.7 Å². The lowest BCUT2D eigenvalue weighted by Crippen LogP contribution is -2.09. The van der Waals surface area contributed by atoms with Crippen molar-refractivity contribution in [1.82, 2.24) is 0 Å². The monoisotopic (exact) mass is 526 g/mol. The summed E-state index contributed by atoms with van der Waals surface area (Å²) in [5.74, 6) is 1.59. The van der Waals surface area contributed by atoms with Gasteiger partial charge in [0.15, 0.2) is 0 Å². The zero-order chi connectivity index (χ0) is 14.5. The van der Waals surface area contributed by atoms with Gasteiger partial charge in [-0.1, -0.05) is 31.9 Å². The van der Waals surface area contributed by atoms with Crippen LogP contribution < -0.4 is 9.47 Å². The summed E-state index contributed by atoms with van der Waals surface area (Å²) < 4.78 is 15.2. The number of ether oxygens (including phenoxy) is 2. The molecule has 0 spiro atoms. The molecular weight excluding hydrogens is 520 g/mol. The lowest BCUT2D eigenvalue weighted by atomic mass is 10.3. The van der Waals surface area contributed by atoms with Crippen molar-refractivity contribution in [2.45, 2.75) is 0 Å². The van der Waals surface area contributed by atoms with Crippen LogP contribution in [0, 0.1) is 0 Å². The lowest BCUT2D eigenvalue weighted by Gasteiger charge is -2.11. The Hall–Kier alpha value is -0.0400. The molecule has 0 aromatic heterocycles. The number of halogens is 4. The van der Waals surface area contributed by atoms with E-state index in [0.717, 1.165) is 29.4 Å². The van der Waals surface area contributed by atoms with Gasteiger partial charge in [-0.05, 0) is 68.3 Å².